The number of Topliss-reactive ketones (excluding diaryl/α,β-unsaturated/α-hetero) is 1. The number of fused-ring (bicyclic) bond motifs is 2. The van der Waals surface area contributed by atoms with Crippen LogP contribution >= 0.6 is 0 Å². The number of aliphatic hydroxyl groups excluding tert-OH is 1. The molecule has 0 aliphatic heterocycles. The number of carbonyl (C=O) groups is 1. The van der Waals surface area contributed by atoms with Gasteiger partial charge < -0.3 is 5.11 Å². The molecule has 0 spiro atoms. The summed E-state index contributed by atoms with van der Waals surface area (Å²) in [6.45, 7) is 3.13. The zero-order valence-electron chi connectivity index (χ0n) is 20.7. The average Bonchev–Trinajstić information content (AvgIpc) is 2.76. The quantitative estimate of drug-likeness (QED) is 0.354. The third kappa shape index (κ3) is 7.00. The molecular weight excluding hydrogens is 496 g/mol. The lowest BCUT2D eigenvalue weighted by Crippen LogP contribution is -2.07. The van der Waals surface area contributed by atoms with Crippen molar-refractivity contribution in [3.05, 3.63) is 95.1 Å². The number of benzene rings is 4. The lowest BCUT2D eigenvalue weighted by atomic mass is 9.96. The van der Waals surface area contributed by atoms with Crippen LogP contribution in [0.15, 0.2) is 72.8 Å². The first-order chi connectivity index (χ1) is 16.8. The van der Waals surface area contributed by atoms with E-state index in [1.165, 1.54) is 19.4 Å². The van der Waals surface area contributed by atoms with Crippen molar-refractivity contribution in [2.24, 2.45) is 0 Å². The van der Waals surface area contributed by atoms with E-state index in [1.54, 1.807) is 19.1 Å². The van der Waals surface area contributed by atoms with E-state index < -0.39 is 25.8 Å². The van der Waals surface area contributed by atoms with Gasteiger partial charge in [0.2, 0.25) is 0 Å². The topological polar surface area (TPSA) is 106 Å². The first-order valence-corrected chi connectivity index (χ1v) is 15.4. The molecule has 1 unspecified atom stereocenters. The van der Waals surface area contributed by atoms with Gasteiger partial charge in [-0.1, -0.05) is 72.8 Å². The number of ketones is 1. The second-order valence-electron chi connectivity index (χ2n) is 9.05. The van der Waals surface area contributed by atoms with Gasteiger partial charge in [0.25, 0.3) is 0 Å². The maximum absolute atomic E-state index is 11.8. The third-order valence-electron chi connectivity index (χ3n) is 5.68. The number of sulfone groups is 2. The Labute approximate surface area is 212 Å². The van der Waals surface area contributed by atoms with Gasteiger partial charge in [-0.3, -0.25) is 4.79 Å². The molecule has 4 rings (SSSR count). The van der Waals surface area contributed by atoms with Crippen molar-refractivity contribution in [2.75, 3.05) is 12.5 Å². The smallest absolute Gasteiger partial charge is 0.160 e. The van der Waals surface area contributed by atoms with E-state index in [-0.39, 0.29) is 17.3 Å². The van der Waals surface area contributed by atoms with E-state index in [4.69, 9.17) is 0 Å². The molecule has 6 nitrogen and oxygen atoms in total. The fourth-order valence-corrected chi connectivity index (χ4v) is 6.00. The molecule has 190 valence electrons. The van der Waals surface area contributed by atoms with Crippen LogP contribution in [0.1, 0.15) is 47.0 Å². The van der Waals surface area contributed by atoms with E-state index in [9.17, 15) is 26.7 Å². The van der Waals surface area contributed by atoms with Crippen LogP contribution in [0.25, 0.3) is 21.5 Å². The minimum atomic E-state index is -3.15. The highest BCUT2D eigenvalue weighted by Crippen LogP contribution is 2.29. The fraction of sp³-hybridized carbons (Fsp3) is 0.250. The molecule has 0 radical (unpaired) electrons. The molecule has 0 fully saturated rings. The molecule has 4 aromatic carbocycles. The van der Waals surface area contributed by atoms with Crippen LogP contribution in [0.3, 0.4) is 0 Å². The van der Waals surface area contributed by atoms with Gasteiger partial charge >= 0.3 is 0 Å². The Morgan fingerprint density at radius 3 is 1.67 bits per heavy atom. The van der Waals surface area contributed by atoms with Gasteiger partial charge in [-0.2, -0.15) is 0 Å². The maximum Gasteiger partial charge on any atom is 0.160 e. The van der Waals surface area contributed by atoms with Crippen LogP contribution < -0.4 is 0 Å². The number of rotatable bonds is 6. The van der Waals surface area contributed by atoms with Gasteiger partial charge in [0.1, 0.15) is 0 Å². The van der Waals surface area contributed by atoms with Crippen molar-refractivity contribution in [3.8, 4) is 0 Å². The van der Waals surface area contributed by atoms with E-state index in [0.717, 1.165) is 21.5 Å². The van der Waals surface area contributed by atoms with Crippen LogP contribution in [-0.2, 0) is 31.2 Å². The SMILES string of the molecule is CC(=O)c1c(CS(C)(=O)=O)ccc2ccccc12.CC(O)c1c(CS(C)(=O)=O)ccc2ccccc12. The maximum atomic E-state index is 11.8. The zero-order chi connectivity index (χ0) is 26.7. The van der Waals surface area contributed by atoms with Gasteiger partial charge in [-0.15, -0.1) is 0 Å². The fourth-order valence-electron chi connectivity index (χ4n) is 4.38. The summed E-state index contributed by atoms with van der Waals surface area (Å²) in [7, 11) is -6.27. The van der Waals surface area contributed by atoms with E-state index in [1.807, 2.05) is 60.7 Å². The lowest BCUT2D eigenvalue weighted by molar-refractivity contribution is 0.101. The summed E-state index contributed by atoms with van der Waals surface area (Å²) in [6, 6.07) is 22.4. The second-order valence-corrected chi connectivity index (χ2v) is 13.3. The molecule has 0 bridgehead atoms. The van der Waals surface area contributed by atoms with Crippen LogP contribution in [0, 0.1) is 0 Å². The number of carbonyl (C=O) groups excluding carboxylic acids is 1. The van der Waals surface area contributed by atoms with Gasteiger partial charge in [0.15, 0.2) is 25.5 Å². The minimum absolute atomic E-state index is 0.0436. The van der Waals surface area contributed by atoms with Crippen molar-refractivity contribution in [2.45, 2.75) is 31.5 Å². The van der Waals surface area contributed by atoms with Crippen molar-refractivity contribution >= 4 is 47.0 Å². The summed E-state index contributed by atoms with van der Waals surface area (Å²) >= 11 is 0. The highest BCUT2D eigenvalue weighted by atomic mass is 32.2. The van der Waals surface area contributed by atoms with Crippen molar-refractivity contribution in [1.29, 1.82) is 0 Å². The van der Waals surface area contributed by atoms with Crippen LogP contribution in [-0.4, -0.2) is 40.2 Å². The Morgan fingerprint density at radius 2 is 1.17 bits per heavy atom. The Kier molecular flexibility index (Phi) is 8.33. The second kappa shape index (κ2) is 10.9. The van der Waals surface area contributed by atoms with Crippen molar-refractivity contribution in [1.82, 2.24) is 0 Å². The third-order valence-corrected chi connectivity index (χ3v) is 7.35. The predicted molar refractivity (Wildman–Crippen MR) is 146 cm³/mol. The summed E-state index contributed by atoms with van der Waals surface area (Å²) in [5, 5.41) is 13.6. The molecule has 0 aliphatic carbocycles. The van der Waals surface area contributed by atoms with E-state index >= 15 is 0 Å². The van der Waals surface area contributed by atoms with Crippen LogP contribution in [0.2, 0.25) is 0 Å². The Hall–Kier alpha value is -3.07. The average molecular weight is 527 g/mol. The molecule has 1 N–H and O–H groups in total. The summed E-state index contributed by atoms with van der Waals surface area (Å²) in [4.78, 5) is 11.8. The van der Waals surface area contributed by atoms with Crippen molar-refractivity contribution in [3.63, 3.8) is 0 Å². The predicted octanol–water partition coefficient (Wildman–Crippen LogP) is 5.02. The lowest BCUT2D eigenvalue weighted by Gasteiger charge is -2.15. The molecule has 0 saturated carbocycles. The molecule has 0 aromatic heterocycles. The minimum Gasteiger partial charge on any atom is -0.389 e. The van der Waals surface area contributed by atoms with Crippen LogP contribution in [0.5, 0.6) is 0 Å². The molecule has 0 heterocycles. The van der Waals surface area contributed by atoms with Gasteiger partial charge in [0.05, 0.1) is 17.6 Å². The molecule has 0 amide bonds. The first-order valence-electron chi connectivity index (χ1n) is 11.3. The number of hydrogen-bond acceptors (Lipinski definition) is 6. The molecule has 0 aliphatic rings. The number of hydrogen-bond donors (Lipinski definition) is 1. The van der Waals surface area contributed by atoms with Crippen molar-refractivity contribution < 1.29 is 26.7 Å². The van der Waals surface area contributed by atoms with Gasteiger partial charge in [-0.25, -0.2) is 16.8 Å². The van der Waals surface area contributed by atoms with Crippen LogP contribution in [0.4, 0.5) is 0 Å². The summed E-state index contributed by atoms with van der Waals surface area (Å²) in [5.41, 5.74) is 2.46. The Morgan fingerprint density at radius 1 is 0.722 bits per heavy atom. The molecule has 0 saturated heterocycles. The zero-order valence-corrected chi connectivity index (χ0v) is 22.4. The summed E-state index contributed by atoms with van der Waals surface area (Å²) in [5.74, 6) is -0.254. The molecule has 4 aromatic rings. The summed E-state index contributed by atoms with van der Waals surface area (Å²) in [6.07, 6.45) is 1.69. The van der Waals surface area contributed by atoms with E-state index in [0.29, 0.717) is 22.3 Å². The number of aliphatic hydroxyl groups is 1. The first kappa shape index (κ1) is 27.5. The van der Waals surface area contributed by atoms with Gasteiger partial charge in [0, 0.05) is 18.1 Å². The Bertz CT molecular complexity index is 1640. The molecular formula is C28H30O6S2. The molecule has 1 atom stereocenters. The monoisotopic (exact) mass is 526 g/mol. The highest BCUT2D eigenvalue weighted by Gasteiger charge is 2.16. The molecule has 8 heteroatoms. The summed E-state index contributed by atoms with van der Waals surface area (Å²) < 4.78 is 45.7. The largest absolute Gasteiger partial charge is 0.389 e. The Balaban J connectivity index is 0.000000201. The highest BCUT2D eigenvalue weighted by molar-refractivity contribution is 7.90. The van der Waals surface area contributed by atoms with Gasteiger partial charge in [-0.05, 0) is 52.1 Å². The normalized spacial score (nSPS) is 12.7. The molecule has 36 heavy (non-hydrogen) atoms. The standard InChI is InChI=1S/C14H16O3S.C14H14O3S/c2*1-10(15)14-12(9-18(2,16)17)8-7-11-5-3-4-6-13(11)14/h3-8,10,15H,9H2,1-2H3;3-8H,9H2,1-2H3. The van der Waals surface area contributed by atoms with E-state index in [2.05, 4.69) is 0 Å².